The highest BCUT2D eigenvalue weighted by Crippen LogP contribution is 2.26. The van der Waals surface area contributed by atoms with Gasteiger partial charge in [-0.15, -0.1) is 0 Å². The van der Waals surface area contributed by atoms with Crippen LogP contribution in [0.3, 0.4) is 0 Å². The van der Waals surface area contributed by atoms with Gasteiger partial charge in [-0.1, -0.05) is 23.7 Å². The van der Waals surface area contributed by atoms with Crippen molar-refractivity contribution in [2.45, 2.75) is 13.8 Å². The molecule has 0 spiro atoms. The van der Waals surface area contributed by atoms with Crippen LogP contribution in [0.1, 0.15) is 21.7 Å². The predicted molar refractivity (Wildman–Crippen MR) is 115 cm³/mol. The highest BCUT2D eigenvalue weighted by Gasteiger charge is 2.23. The van der Waals surface area contributed by atoms with Gasteiger partial charge < -0.3 is 14.4 Å². The largest absolute Gasteiger partial charge is 0.367 e. The maximum absolute atomic E-state index is 12.9. The molecule has 5 heteroatoms. The molecule has 0 atom stereocenters. The monoisotopic (exact) mass is 393 g/mol. The molecule has 4 nitrogen and oxygen atoms in total. The number of hydrogen-bond acceptors (Lipinski definition) is 2. The Morgan fingerprint density at radius 3 is 2.04 bits per heavy atom. The van der Waals surface area contributed by atoms with Crippen LogP contribution in [0.15, 0.2) is 60.7 Å². The van der Waals surface area contributed by atoms with E-state index in [1.54, 1.807) is 0 Å². The summed E-state index contributed by atoms with van der Waals surface area (Å²) >= 11 is 6.31. The molecule has 2 aromatic carbocycles. The zero-order chi connectivity index (χ0) is 19.7. The summed E-state index contributed by atoms with van der Waals surface area (Å²) in [5.74, 6) is 0.0892. The SMILES string of the molecule is Cc1ccc(C)n1-c1ccc(C(=O)N2CCN(c3ccccc3Cl)CC2)cc1. The van der Waals surface area contributed by atoms with Crippen molar-refractivity contribution < 1.29 is 4.79 Å². The summed E-state index contributed by atoms with van der Waals surface area (Å²) in [5.41, 5.74) is 5.23. The van der Waals surface area contributed by atoms with Gasteiger partial charge in [-0.25, -0.2) is 0 Å². The molecule has 1 fully saturated rings. The Hall–Kier alpha value is -2.72. The minimum absolute atomic E-state index is 0.0892. The second-order valence-corrected chi connectivity index (χ2v) is 7.64. The molecule has 1 saturated heterocycles. The molecule has 1 aromatic heterocycles. The number of rotatable bonds is 3. The minimum atomic E-state index is 0.0892. The van der Waals surface area contributed by atoms with E-state index in [9.17, 15) is 4.79 Å². The van der Waals surface area contributed by atoms with E-state index in [-0.39, 0.29) is 5.91 Å². The number of nitrogens with zero attached hydrogens (tertiary/aromatic N) is 3. The Balaban J connectivity index is 1.44. The fourth-order valence-electron chi connectivity index (χ4n) is 3.87. The van der Waals surface area contributed by atoms with Gasteiger partial charge in [0.05, 0.1) is 10.7 Å². The lowest BCUT2D eigenvalue weighted by Gasteiger charge is -2.36. The van der Waals surface area contributed by atoms with Gasteiger partial charge in [-0.2, -0.15) is 0 Å². The number of hydrogen-bond donors (Lipinski definition) is 0. The number of carbonyl (C=O) groups excluding carboxylic acids is 1. The molecular formula is C23H24ClN3O. The summed E-state index contributed by atoms with van der Waals surface area (Å²) in [6, 6.07) is 20.0. The Kier molecular flexibility index (Phi) is 5.14. The summed E-state index contributed by atoms with van der Waals surface area (Å²) in [5, 5.41) is 0.758. The van der Waals surface area contributed by atoms with Crippen LogP contribution in [0.5, 0.6) is 0 Å². The molecule has 144 valence electrons. The number of benzene rings is 2. The first-order valence-corrected chi connectivity index (χ1v) is 9.96. The van der Waals surface area contributed by atoms with E-state index in [0.29, 0.717) is 13.1 Å². The third-order valence-corrected chi connectivity index (χ3v) is 5.72. The van der Waals surface area contributed by atoms with Crippen molar-refractivity contribution in [2.75, 3.05) is 31.1 Å². The van der Waals surface area contributed by atoms with Crippen molar-refractivity contribution in [3.63, 3.8) is 0 Å². The van der Waals surface area contributed by atoms with Crippen LogP contribution in [0, 0.1) is 13.8 Å². The molecule has 2 heterocycles. The van der Waals surface area contributed by atoms with E-state index < -0.39 is 0 Å². The number of amides is 1. The van der Waals surface area contributed by atoms with E-state index in [0.717, 1.165) is 35.1 Å². The third-order valence-electron chi connectivity index (χ3n) is 5.40. The minimum Gasteiger partial charge on any atom is -0.367 e. The van der Waals surface area contributed by atoms with Crippen LogP contribution in [0.4, 0.5) is 5.69 Å². The average molecular weight is 394 g/mol. The molecule has 0 bridgehead atoms. The van der Waals surface area contributed by atoms with E-state index >= 15 is 0 Å². The van der Waals surface area contributed by atoms with Crippen LogP contribution < -0.4 is 4.90 Å². The lowest BCUT2D eigenvalue weighted by Crippen LogP contribution is -2.48. The summed E-state index contributed by atoms with van der Waals surface area (Å²) in [7, 11) is 0. The van der Waals surface area contributed by atoms with Gasteiger partial charge in [0.15, 0.2) is 0 Å². The highest BCUT2D eigenvalue weighted by atomic mass is 35.5. The van der Waals surface area contributed by atoms with Crippen molar-refractivity contribution >= 4 is 23.2 Å². The number of aromatic nitrogens is 1. The molecule has 28 heavy (non-hydrogen) atoms. The van der Waals surface area contributed by atoms with Crippen LogP contribution in [0.25, 0.3) is 5.69 Å². The van der Waals surface area contributed by atoms with Crippen molar-refractivity contribution in [3.8, 4) is 5.69 Å². The fourth-order valence-corrected chi connectivity index (χ4v) is 4.13. The number of anilines is 1. The molecule has 1 aliphatic rings. The molecule has 3 aromatic rings. The van der Waals surface area contributed by atoms with Crippen LogP contribution in [-0.2, 0) is 0 Å². The molecular weight excluding hydrogens is 370 g/mol. The third kappa shape index (κ3) is 3.52. The zero-order valence-electron chi connectivity index (χ0n) is 16.2. The smallest absolute Gasteiger partial charge is 0.253 e. The van der Waals surface area contributed by atoms with Gasteiger partial charge in [0.25, 0.3) is 5.91 Å². The average Bonchev–Trinajstić information content (AvgIpc) is 3.06. The van der Waals surface area contributed by atoms with Crippen molar-refractivity contribution in [1.29, 1.82) is 0 Å². The van der Waals surface area contributed by atoms with Crippen LogP contribution in [-0.4, -0.2) is 41.6 Å². The van der Waals surface area contributed by atoms with Crippen molar-refractivity contribution in [1.82, 2.24) is 9.47 Å². The van der Waals surface area contributed by atoms with Gasteiger partial charge in [0.2, 0.25) is 0 Å². The van der Waals surface area contributed by atoms with Gasteiger partial charge in [-0.05, 0) is 62.4 Å². The molecule has 0 unspecified atom stereocenters. The van der Waals surface area contributed by atoms with E-state index in [4.69, 9.17) is 11.6 Å². The summed E-state index contributed by atoms with van der Waals surface area (Å²) < 4.78 is 2.19. The van der Waals surface area contributed by atoms with Crippen molar-refractivity contribution in [3.05, 3.63) is 82.6 Å². The second kappa shape index (κ2) is 7.72. The first-order valence-electron chi connectivity index (χ1n) is 9.59. The molecule has 0 N–H and O–H groups in total. The van der Waals surface area contributed by atoms with Crippen LogP contribution in [0.2, 0.25) is 5.02 Å². The van der Waals surface area contributed by atoms with Crippen molar-refractivity contribution in [2.24, 2.45) is 0 Å². The molecule has 0 radical (unpaired) electrons. The van der Waals surface area contributed by atoms with E-state index in [1.165, 1.54) is 11.4 Å². The molecule has 1 amide bonds. The first kappa shape index (κ1) is 18.6. The first-order chi connectivity index (χ1) is 13.5. The van der Waals surface area contributed by atoms with Gasteiger partial charge in [-0.3, -0.25) is 4.79 Å². The number of aryl methyl sites for hydroxylation is 2. The number of piperazine rings is 1. The Morgan fingerprint density at radius 2 is 1.43 bits per heavy atom. The highest BCUT2D eigenvalue weighted by molar-refractivity contribution is 6.33. The number of para-hydroxylation sites is 1. The number of carbonyl (C=O) groups is 1. The topological polar surface area (TPSA) is 28.5 Å². The van der Waals surface area contributed by atoms with Gasteiger partial charge in [0, 0.05) is 48.8 Å². The van der Waals surface area contributed by atoms with Gasteiger partial charge >= 0.3 is 0 Å². The lowest BCUT2D eigenvalue weighted by molar-refractivity contribution is 0.0747. The zero-order valence-corrected chi connectivity index (χ0v) is 17.0. The standard InChI is InChI=1S/C23H24ClN3O/c1-17-7-8-18(2)27(17)20-11-9-19(10-12-20)23(28)26-15-13-25(14-16-26)22-6-4-3-5-21(22)24/h3-12H,13-16H2,1-2H3. The van der Waals surface area contributed by atoms with Crippen LogP contribution >= 0.6 is 11.6 Å². The Bertz CT molecular complexity index is 966. The predicted octanol–water partition coefficient (Wildman–Crippen LogP) is 4.71. The summed E-state index contributed by atoms with van der Waals surface area (Å²) in [4.78, 5) is 17.1. The number of halogens is 1. The van der Waals surface area contributed by atoms with E-state index in [2.05, 4.69) is 35.4 Å². The molecule has 0 saturated carbocycles. The quantitative estimate of drug-likeness (QED) is 0.644. The summed E-state index contributed by atoms with van der Waals surface area (Å²) in [6.45, 7) is 7.14. The maximum Gasteiger partial charge on any atom is 0.253 e. The summed E-state index contributed by atoms with van der Waals surface area (Å²) in [6.07, 6.45) is 0. The second-order valence-electron chi connectivity index (χ2n) is 7.23. The normalized spacial score (nSPS) is 14.4. The maximum atomic E-state index is 12.9. The molecule has 0 aliphatic carbocycles. The van der Waals surface area contributed by atoms with E-state index in [1.807, 2.05) is 53.4 Å². The Labute approximate surface area is 170 Å². The van der Waals surface area contributed by atoms with Gasteiger partial charge in [0.1, 0.15) is 0 Å². The lowest BCUT2D eigenvalue weighted by atomic mass is 10.1. The fraction of sp³-hybridized carbons (Fsp3) is 0.261. The molecule has 1 aliphatic heterocycles. The Morgan fingerprint density at radius 1 is 0.821 bits per heavy atom. The molecule has 4 rings (SSSR count).